The van der Waals surface area contributed by atoms with E-state index in [9.17, 15) is 0 Å². The summed E-state index contributed by atoms with van der Waals surface area (Å²) < 4.78 is 6.58. The van der Waals surface area contributed by atoms with Gasteiger partial charge in [0.2, 0.25) is 0 Å². The average molecular weight is 312 g/mol. The van der Waals surface area contributed by atoms with Crippen LogP contribution in [-0.2, 0) is 4.74 Å². The summed E-state index contributed by atoms with van der Waals surface area (Å²) in [6, 6.07) is 5.89. The summed E-state index contributed by atoms with van der Waals surface area (Å²) in [5.74, 6) is 0.101. The van der Waals surface area contributed by atoms with E-state index in [1.54, 1.807) is 0 Å². The minimum atomic E-state index is 0.101. The Labute approximate surface area is 116 Å². The van der Waals surface area contributed by atoms with Gasteiger partial charge >= 0.3 is 0 Å². The number of nitrogen functional groups attached to an aromatic ring is 1. The molecule has 0 bridgehead atoms. The molecule has 0 radical (unpaired) electrons. The fourth-order valence-electron chi connectivity index (χ4n) is 2.21. The van der Waals surface area contributed by atoms with E-state index >= 15 is 0 Å². The second kappa shape index (κ2) is 5.71. The Hall–Kier alpha value is -1.07. The zero-order valence-corrected chi connectivity index (χ0v) is 12.0. The number of halogens is 1. The predicted molar refractivity (Wildman–Crippen MR) is 77.4 cm³/mol. The first-order valence-corrected chi connectivity index (χ1v) is 6.87. The van der Waals surface area contributed by atoms with Gasteiger partial charge in [-0.25, -0.2) is 0 Å². The number of nitrogens with one attached hydrogen (secondary N) is 1. The fourth-order valence-corrected chi connectivity index (χ4v) is 2.57. The van der Waals surface area contributed by atoms with Crippen LogP contribution in [0.4, 0.5) is 5.69 Å². The average Bonchev–Trinajstić information content (AvgIpc) is 2.53. The number of rotatable bonds is 2. The van der Waals surface area contributed by atoms with E-state index in [-0.39, 0.29) is 11.9 Å². The normalized spacial score (nSPS) is 20.6. The molecule has 98 valence electrons. The monoisotopic (exact) mass is 311 g/mol. The molecule has 1 heterocycles. The summed E-state index contributed by atoms with van der Waals surface area (Å²) >= 11 is 3.42. The van der Waals surface area contributed by atoms with Crippen molar-refractivity contribution in [3.63, 3.8) is 0 Å². The lowest BCUT2D eigenvalue weighted by molar-refractivity contribution is 0.0821. The van der Waals surface area contributed by atoms with E-state index in [1.807, 2.05) is 18.2 Å². The van der Waals surface area contributed by atoms with Crippen LogP contribution in [0.2, 0.25) is 0 Å². The molecular weight excluding hydrogens is 294 g/mol. The van der Waals surface area contributed by atoms with Crippen LogP contribution in [0.5, 0.6) is 0 Å². The Balaban J connectivity index is 2.33. The van der Waals surface area contributed by atoms with Crippen LogP contribution in [-0.4, -0.2) is 31.6 Å². The van der Waals surface area contributed by atoms with Gasteiger partial charge in [-0.15, -0.1) is 0 Å². The minimum absolute atomic E-state index is 0.101. The van der Waals surface area contributed by atoms with E-state index in [1.165, 1.54) is 0 Å². The highest BCUT2D eigenvalue weighted by atomic mass is 79.9. The molecule has 0 spiro atoms. The maximum atomic E-state index is 7.70. The summed E-state index contributed by atoms with van der Waals surface area (Å²) in [4.78, 5) is 2.25. The summed E-state index contributed by atoms with van der Waals surface area (Å²) in [6.07, 6.45) is 1.20. The zero-order valence-electron chi connectivity index (χ0n) is 10.4. The van der Waals surface area contributed by atoms with Gasteiger partial charge in [-0.1, -0.05) is 15.9 Å². The third-order valence-corrected chi connectivity index (χ3v) is 3.53. The van der Waals surface area contributed by atoms with E-state index in [0.717, 1.165) is 41.8 Å². The molecule has 0 aromatic heterocycles. The lowest BCUT2D eigenvalue weighted by atomic mass is 10.1. The van der Waals surface area contributed by atoms with Gasteiger partial charge in [-0.2, -0.15) is 0 Å². The van der Waals surface area contributed by atoms with Crippen molar-refractivity contribution in [2.24, 2.45) is 5.73 Å². The topological polar surface area (TPSA) is 62.3 Å². The van der Waals surface area contributed by atoms with E-state index in [4.69, 9.17) is 15.9 Å². The lowest BCUT2D eigenvalue weighted by Gasteiger charge is -2.26. The van der Waals surface area contributed by atoms with Crippen LogP contribution in [0.1, 0.15) is 18.9 Å². The smallest absolute Gasteiger partial charge is 0.124 e. The quantitative estimate of drug-likeness (QED) is 0.651. The number of nitrogens with zero attached hydrogens (tertiary/aromatic N) is 1. The molecule has 1 unspecified atom stereocenters. The predicted octanol–water partition coefficient (Wildman–Crippen LogP) is 2.35. The van der Waals surface area contributed by atoms with Crippen LogP contribution in [0.25, 0.3) is 0 Å². The lowest BCUT2D eigenvalue weighted by Crippen LogP contribution is -2.32. The molecular formula is C13H18BrN3O. The van der Waals surface area contributed by atoms with Gasteiger partial charge < -0.3 is 15.4 Å². The number of ether oxygens (including phenoxy) is 1. The maximum absolute atomic E-state index is 7.70. The van der Waals surface area contributed by atoms with E-state index < -0.39 is 0 Å². The third kappa shape index (κ3) is 3.03. The second-order valence-electron chi connectivity index (χ2n) is 4.56. The van der Waals surface area contributed by atoms with Gasteiger partial charge in [-0.05, 0) is 31.5 Å². The van der Waals surface area contributed by atoms with E-state index in [2.05, 4.69) is 27.8 Å². The van der Waals surface area contributed by atoms with Gasteiger partial charge in [0.15, 0.2) is 0 Å². The molecule has 1 aliphatic rings. The summed E-state index contributed by atoms with van der Waals surface area (Å²) in [5.41, 5.74) is 7.46. The van der Waals surface area contributed by atoms with Crippen molar-refractivity contribution >= 4 is 27.5 Å². The number of amidine groups is 1. The number of anilines is 1. The van der Waals surface area contributed by atoms with E-state index in [0.29, 0.717) is 0 Å². The summed E-state index contributed by atoms with van der Waals surface area (Å²) in [6.45, 7) is 4.64. The van der Waals surface area contributed by atoms with Crippen LogP contribution in [0.3, 0.4) is 0 Å². The Morgan fingerprint density at radius 3 is 3.06 bits per heavy atom. The molecule has 0 saturated carbocycles. The zero-order chi connectivity index (χ0) is 13.1. The number of hydrogen-bond donors (Lipinski definition) is 2. The molecule has 1 aliphatic heterocycles. The molecule has 5 heteroatoms. The highest BCUT2D eigenvalue weighted by Crippen LogP contribution is 2.26. The van der Waals surface area contributed by atoms with Crippen molar-refractivity contribution in [1.82, 2.24) is 0 Å². The summed E-state index contributed by atoms with van der Waals surface area (Å²) in [7, 11) is 0. The minimum Gasteiger partial charge on any atom is -0.384 e. The van der Waals surface area contributed by atoms with Crippen molar-refractivity contribution in [1.29, 1.82) is 5.41 Å². The Morgan fingerprint density at radius 1 is 1.56 bits per heavy atom. The standard InChI is InChI=1S/C13H18BrN3O/c1-9-8-17(5-2-6-18-9)12-4-3-10(14)7-11(12)13(15)16/h3-4,7,9H,2,5-6,8H2,1H3,(H3,15,16). The molecule has 3 N–H and O–H groups in total. The molecule has 1 atom stereocenters. The van der Waals surface area contributed by atoms with Gasteiger partial charge in [0.25, 0.3) is 0 Å². The SMILES string of the molecule is CC1CN(c2ccc(Br)cc2C(=N)N)CCCO1. The first kappa shape index (κ1) is 13.4. The van der Waals surface area contributed by atoms with Crippen LogP contribution < -0.4 is 10.6 Å². The van der Waals surface area contributed by atoms with Crippen molar-refractivity contribution in [3.8, 4) is 0 Å². The molecule has 1 saturated heterocycles. The van der Waals surface area contributed by atoms with Crippen molar-refractivity contribution in [2.45, 2.75) is 19.4 Å². The maximum Gasteiger partial charge on any atom is 0.124 e. The fraction of sp³-hybridized carbons (Fsp3) is 0.462. The first-order chi connectivity index (χ1) is 8.58. The van der Waals surface area contributed by atoms with Gasteiger partial charge in [-0.3, -0.25) is 5.41 Å². The Morgan fingerprint density at radius 2 is 2.33 bits per heavy atom. The third-order valence-electron chi connectivity index (χ3n) is 3.04. The van der Waals surface area contributed by atoms with Crippen molar-refractivity contribution in [2.75, 3.05) is 24.6 Å². The number of hydrogen-bond acceptors (Lipinski definition) is 3. The van der Waals surface area contributed by atoms with Crippen LogP contribution in [0.15, 0.2) is 22.7 Å². The molecule has 0 aliphatic carbocycles. The largest absolute Gasteiger partial charge is 0.384 e. The van der Waals surface area contributed by atoms with Crippen LogP contribution in [0, 0.1) is 5.41 Å². The highest BCUT2D eigenvalue weighted by molar-refractivity contribution is 9.10. The van der Waals surface area contributed by atoms with Crippen molar-refractivity contribution in [3.05, 3.63) is 28.2 Å². The van der Waals surface area contributed by atoms with Crippen molar-refractivity contribution < 1.29 is 4.74 Å². The molecule has 18 heavy (non-hydrogen) atoms. The molecule has 1 aromatic carbocycles. The molecule has 2 rings (SSSR count). The van der Waals surface area contributed by atoms with Crippen LogP contribution >= 0.6 is 15.9 Å². The number of benzene rings is 1. The highest BCUT2D eigenvalue weighted by Gasteiger charge is 2.18. The van der Waals surface area contributed by atoms with Gasteiger partial charge in [0, 0.05) is 35.4 Å². The molecule has 1 aromatic rings. The molecule has 0 amide bonds. The Kier molecular flexibility index (Phi) is 4.24. The first-order valence-electron chi connectivity index (χ1n) is 6.08. The molecule has 1 fully saturated rings. The van der Waals surface area contributed by atoms with Gasteiger partial charge in [0.1, 0.15) is 5.84 Å². The summed E-state index contributed by atoms with van der Waals surface area (Å²) in [5, 5.41) is 7.70. The molecule has 4 nitrogen and oxygen atoms in total. The second-order valence-corrected chi connectivity index (χ2v) is 5.47. The number of nitrogens with two attached hydrogens (primary N) is 1. The Bertz CT molecular complexity index is 450. The van der Waals surface area contributed by atoms with Gasteiger partial charge in [0.05, 0.1) is 6.10 Å².